The van der Waals surface area contributed by atoms with Crippen molar-refractivity contribution in [2.24, 2.45) is 0 Å². The van der Waals surface area contributed by atoms with Crippen LogP contribution in [0.25, 0.3) is 0 Å². The molecule has 1 aliphatic heterocycles. The van der Waals surface area contributed by atoms with Crippen LogP contribution in [-0.2, 0) is 4.74 Å². The van der Waals surface area contributed by atoms with Gasteiger partial charge in [0.2, 0.25) is 0 Å². The third-order valence-electron chi connectivity index (χ3n) is 1.97. The van der Waals surface area contributed by atoms with Gasteiger partial charge in [0.05, 0.1) is 17.2 Å². The molecule has 0 aromatic heterocycles. The van der Waals surface area contributed by atoms with E-state index in [0.717, 1.165) is 6.07 Å². The summed E-state index contributed by atoms with van der Waals surface area (Å²) in [5.74, 6) is -1.24. The highest BCUT2D eigenvalue weighted by molar-refractivity contribution is 6.32. The van der Waals surface area contributed by atoms with Gasteiger partial charge in [0, 0.05) is 0 Å². The van der Waals surface area contributed by atoms with Crippen molar-refractivity contribution in [3.8, 4) is 11.5 Å². The predicted molar refractivity (Wildman–Crippen MR) is 53.6 cm³/mol. The molecule has 1 aromatic carbocycles. The number of fused-ring (bicyclic) bond motifs is 1. The Bertz CT molecular complexity index is 476. The topological polar surface area (TPSA) is 44.8 Å². The second-order valence-electron chi connectivity index (χ2n) is 3.17. The molecule has 0 amide bonds. The van der Waals surface area contributed by atoms with E-state index in [2.05, 4.69) is 9.47 Å². The first-order valence-corrected chi connectivity index (χ1v) is 5.07. The number of rotatable bonds is 2. The molecule has 0 fully saturated rings. The van der Waals surface area contributed by atoms with Crippen LogP contribution in [0.4, 0.5) is 8.78 Å². The maximum absolute atomic E-state index is 12.8. The largest absolute Gasteiger partial charge is 0.586 e. The van der Waals surface area contributed by atoms with Gasteiger partial charge in [-0.2, -0.15) is 0 Å². The van der Waals surface area contributed by atoms with Crippen molar-refractivity contribution in [3.05, 3.63) is 22.7 Å². The highest BCUT2D eigenvalue weighted by Gasteiger charge is 2.45. The Balaban J connectivity index is 2.37. The fourth-order valence-electron chi connectivity index (χ4n) is 1.34. The van der Waals surface area contributed by atoms with E-state index in [1.807, 2.05) is 0 Å². The van der Waals surface area contributed by atoms with Crippen molar-refractivity contribution in [2.45, 2.75) is 13.2 Å². The van der Waals surface area contributed by atoms with Crippen LogP contribution in [0.1, 0.15) is 17.3 Å². The van der Waals surface area contributed by atoms with Crippen LogP contribution in [0, 0.1) is 0 Å². The molecule has 1 heterocycles. The average Bonchev–Trinajstić information content (AvgIpc) is 2.53. The quantitative estimate of drug-likeness (QED) is 0.771. The van der Waals surface area contributed by atoms with Gasteiger partial charge in [-0.1, -0.05) is 11.6 Å². The Hall–Kier alpha value is -1.56. The van der Waals surface area contributed by atoms with Crippen molar-refractivity contribution < 1.29 is 27.8 Å². The number of alkyl halides is 2. The standard InChI is InChI=1S/C10H7ClF2O4/c1-2-15-9(14)5-3-6(11)8-7(4-5)16-10(12,13)17-8/h3-4H,2H2,1H3. The van der Waals surface area contributed by atoms with Crippen molar-refractivity contribution >= 4 is 17.6 Å². The van der Waals surface area contributed by atoms with E-state index < -0.39 is 12.3 Å². The normalized spacial score (nSPS) is 15.8. The van der Waals surface area contributed by atoms with Crippen molar-refractivity contribution in [2.75, 3.05) is 6.61 Å². The van der Waals surface area contributed by atoms with Gasteiger partial charge in [0.25, 0.3) is 0 Å². The first-order chi connectivity index (χ1) is 7.93. The zero-order valence-electron chi connectivity index (χ0n) is 8.63. The van der Waals surface area contributed by atoms with E-state index in [4.69, 9.17) is 16.3 Å². The monoisotopic (exact) mass is 264 g/mol. The van der Waals surface area contributed by atoms with Crippen LogP contribution in [-0.4, -0.2) is 18.9 Å². The third-order valence-corrected chi connectivity index (χ3v) is 2.25. The number of carbonyl (C=O) groups excluding carboxylic acids is 1. The Labute approximate surface area is 100 Å². The number of halogens is 3. The van der Waals surface area contributed by atoms with Gasteiger partial charge in [-0.3, -0.25) is 0 Å². The fourth-order valence-corrected chi connectivity index (χ4v) is 1.59. The van der Waals surface area contributed by atoms with Gasteiger partial charge in [-0.05, 0) is 19.1 Å². The first kappa shape index (κ1) is 11.9. The summed E-state index contributed by atoms with van der Waals surface area (Å²) in [6, 6.07) is 2.28. The Morgan fingerprint density at radius 2 is 2.18 bits per heavy atom. The average molecular weight is 265 g/mol. The molecule has 7 heteroatoms. The van der Waals surface area contributed by atoms with Crippen LogP contribution < -0.4 is 9.47 Å². The third kappa shape index (κ3) is 2.26. The van der Waals surface area contributed by atoms with Crippen LogP contribution in [0.15, 0.2) is 12.1 Å². The van der Waals surface area contributed by atoms with Gasteiger partial charge < -0.3 is 14.2 Å². The van der Waals surface area contributed by atoms with Crippen LogP contribution in [0.2, 0.25) is 5.02 Å². The number of carbonyl (C=O) groups is 1. The van der Waals surface area contributed by atoms with Gasteiger partial charge in [0.1, 0.15) is 0 Å². The second kappa shape index (κ2) is 4.03. The molecule has 0 spiro atoms. The van der Waals surface area contributed by atoms with E-state index >= 15 is 0 Å². The maximum atomic E-state index is 12.8. The number of ether oxygens (including phenoxy) is 3. The highest BCUT2D eigenvalue weighted by atomic mass is 35.5. The molecule has 17 heavy (non-hydrogen) atoms. The lowest BCUT2D eigenvalue weighted by Gasteiger charge is -2.04. The predicted octanol–water partition coefficient (Wildman–Crippen LogP) is 2.84. The van der Waals surface area contributed by atoms with E-state index in [-0.39, 0.29) is 28.7 Å². The number of hydrogen-bond acceptors (Lipinski definition) is 4. The van der Waals surface area contributed by atoms with Crippen LogP contribution in [0.5, 0.6) is 11.5 Å². The molecule has 0 saturated heterocycles. The molecule has 0 aliphatic carbocycles. The van der Waals surface area contributed by atoms with Crippen molar-refractivity contribution in [1.29, 1.82) is 0 Å². The van der Waals surface area contributed by atoms with Gasteiger partial charge in [-0.25, -0.2) is 4.79 Å². The molecule has 0 N–H and O–H groups in total. The van der Waals surface area contributed by atoms with E-state index in [0.29, 0.717) is 0 Å². The summed E-state index contributed by atoms with van der Waals surface area (Å²) >= 11 is 5.70. The zero-order chi connectivity index (χ0) is 12.6. The summed E-state index contributed by atoms with van der Waals surface area (Å²) in [6.45, 7) is 1.79. The second-order valence-corrected chi connectivity index (χ2v) is 3.58. The summed E-state index contributed by atoms with van der Waals surface area (Å²) < 4.78 is 38.6. The minimum atomic E-state index is -3.76. The van der Waals surface area contributed by atoms with E-state index in [1.165, 1.54) is 6.07 Å². The molecule has 0 atom stereocenters. The Morgan fingerprint density at radius 1 is 1.47 bits per heavy atom. The van der Waals surface area contributed by atoms with Crippen molar-refractivity contribution in [3.63, 3.8) is 0 Å². The van der Waals surface area contributed by atoms with Crippen molar-refractivity contribution in [1.82, 2.24) is 0 Å². The summed E-state index contributed by atoms with van der Waals surface area (Å²) in [5, 5.41) is -0.136. The molecule has 1 aromatic rings. The lowest BCUT2D eigenvalue weighted by atomic mass is 10.2. The molecular formula is C10H7ClF2O4. The van der Waals surface area contributed by atoms with Crippen LogP contribution in [0.3, 0.4) is 0 Å². The maximum Gasteiger partial charge on any atom is 0.586 e. The molecular weight excluding hydrogens is 258 g/mol. The summed E-state index contributed by atoms with van der Waals surface area (Å²) in [5.41, 5.74) is 0.0249. The Kier molecular flexibility index (Phi) is 2.82. The highest BCUT2D eigenvalue weighted by Crippen LogP contribution is 2.46. The number of hydrogen-bond donors (Lipinski definition) is 0. The number of benzene rings is 1. The van der Waals surface area contributed by atoms with Gasteiger partial charge in [-0.15, -0.1) is 8.78 Å². The van der Waals surface area contributed by atoms with Gasteiger partial charge in [0.15, 0.2) is 11.5 Å². The smallest absolute Gasteiger partial charge is 0.462 e. The first-order valence-electron chi connectivity index (χ1n) is 4.69. The molecule has 0 saturated carbocycles. The molecule has 2 rings (SSSR count). The lowest BCUT2D eigenvalue weighted by molar-refractivity contribution is -0.286. The SMILES string of the molecule is CCOC(=O)c1cc(Cl)c2c(c1)OC(F)(F)O2. The van der Waals surface area contributed by atoms with Gasteiger partial charge >= 0.3 is 12.3 Å². The summed E-state index contributed by atoms with van der Waals surface area (Å²) in [4.78, 5) is 11.4. The summed E-state index contributed by atoms with van der Waals surface area (Å²) in [6.07, 6.45) is -3.76. The minimum absolute atomic E-state index is 0.0249. The molecule has 1 aliphatic rings. The fraction of sp³-hybridized carbons (Fsp3) is 0.300. The molecule has 0 radical (unpaired) electrons. The number of esters is 1. The molecule has 4 nitrogen and oxygen atoms in total. The zero-order valence-corrected chi connectivity index (χ0v) is 9.38. The summed E-state index contributed by atoms with van der Waals surface area (Å²) in [7, 11) is 0. The molecule has 0 bridgehead atoms. The molecule has 0 unspecified atom stereocenters. The van der Waals surface area contributed by atoms with Crippen LogP contribution >= 0.6 is 11.6 Å². The molecule has 92 valence electrons. The van der Waals surface area contributed by atoms with E-state index in [1.54, 1.807) is 6.92 Å². The lowest BCUT2D eigenvalue weighted by Crippen LogP contribution is -2.26. The van der Waals surface area contributed by atoms with E-state index in [9.17, 15) is 13.6 Å². The minimum Gasteiger partial charge on any atom is -0.462 e. The Morgan fingerprint density at radius 3 is 2.82 bits per heavy atom.